The third kappa shape index (κ3) is 2.16. The van der Waals surface area contributed by atoms with Crippen LogP contribution in [0.15, 0.2) is 53.4 Å². The van der Waals surface area contributed by atoms with E-state index in [1.54, 1.807) is 11.8 Å². The lowest BCUT2D eigenvalue weighted by Crippen LogP contribution is -1.88. The van der Waals surface area contributed by atoms with E-state index in [1.165, 1.54) is 11.1 Å². The predicted octanol–water partition coefficient (Wildman–Crippen LogP) is 3.66. The largest absolute Gasteiger partial charge is 0.398 e. The minimum Gasteiger partial charge on any atom is -0.398 e. The van der Waals surface area contributed by atoms with E-state index in [2.05, 4.69) is 24.3 Å². The SMILES string of the molecule is CSc1ccc(-c2ccccc2)cc1N. The van der Waals surface area contributed by atoms with Crippen LogP contribution in [0, 0.1) is 0 Å². The van der Waals surface area contributed by atoms with Gasteiger partial charge >= 0.3 is 0 Å². The lowest BCUT2D eigenvalue weighted by Gasteiger charge is -2.06. The highest BCUT2D eigenvalue weighted by atomic mass is 32.2. The highest BCUT2D eigenvalue weighted by molar-refractivity contribution is 7.98. The summed E-state index contributed by atoms with van der Waals surface area (Å²) in [6, 6.07) is 16.5. The second-order valence-electron chi connectivity index (χ2n) is 3.32. The fourth-order valence-corrected chi connectivity index (χ4v) is 2.04. The molecule has 0 bridgehead atoms. The number of anilines is 1. The van der Waals surface area contributed by atoms with E-state index in [9.17, 15) is 0 Å². The first-order valence-electron chi connectivity index (χ1n) is 4.80. The topological polar surface area (TPSA) is 26.0 Å². The van der Waals surface area contributed by atoms with Gasteiger partial charge in [0.05, 0.1) is 0 Å². The quantitative estimate of drug-likeness (QED) is 0.611. The number of hydrogen-bond donors (Lipinski definition) is 1. The maximum atomic E-state index is 5.95. The van der Waals surface area contributed by atoms with E-state index < -0.39 is 0 Å². The second-order valence-corrected chi connectivity index (χ2v) is 4.17. The molecule has 0 atom stereocenters. The van der Waals surface area contributed by atoms with Crippen molar-refractivity contribution in [3.05, 3.63) is 48.5 Å². The van der Waals surface area contributed by atoms with Crippen LogP contribution in [0.1, 0.15) is 0 Å². The summed E-state index contributed by atoms with van der Waals surface area (Å²) in [5, 5.41) is 0. The Balaban J connectivity index is 2.43. The van der Waals surface area contributed by atoms with Gasteiger partial charge in [-0.3, -0.25) is 0 Å². The summed E-state index contributed by atoms with van der Waals surface area (Å²) in [6.45, 7) is 0. The third-order valence-electron chi connectivity index (χ3n) is 2.34. The molecule has 0 aromatic heterocycles. The first-order chi connectivity index (χ1) is 7.31. The first-order valence-corrected chi connectivity index (χ1v) is 6.02. The van der Waals surface area contributed by atoms with Crippen LogP contribution < -0.4 is 5.73 Å². The molecule has 0 aliphatic carbocycles. The average Bonchev–Trinajstić information content (AvgIpc) is 2.30. The third-order valence-corrected chi connectivity index (χ3v) is 3.15. The first kappa shape index (κ1) is 10.1. The number of rotatable bonds is 2. The molecule has 2 aromatic carbocycles. The Labute approximate surface area is 94.3 Å². The van der Waals surface area contributed by atoms with Gasteiger partial charge in [0.25, 0.3) is 0 Å². The molecule has 2 rings (SSSR count). The van der Waals surface area contributed by atoms with E-state index in [-0.39, 0.29) is 0 Å². The molecule has 76 valence electrons. The summed E-state index contributed by atoms with van der Waals surface area (Å²) < 4.78 is 0. The van der Waals surface area contributed by atoms with Crippen LogP contribution in [-0.2, 0) is 0 Å². The Morgan fingerprint density at radius 1 is 0.933 bits per heavy atom. The van der Waals surface area contributed by atoms with Crippen LogP contribution in [0.4, 0.5) is 5.69 Å². The fraction of sp³-hybridized carbons (Fsp3) is 0.0769. The highest BCUT2D eigenvalue weighted by Crippen LogP contribution is 2.28. The summed E-state index contributed by atoms with van der Waals surface area (Å²) in [5.41, 5.74) is 9.18. The number of benzene rings is 2. The highest BCUT2D eigenvalue weighted by Gasteiger charge is 2.00. The van der Waals surface area contributed by atoms with Crippen LogP contribution in [0.25, 0.3) is 11.1 Å². The van der Waals surface area contributed by atoms with Gasteiger partial charge in [-0.1, -0.05) is 36.4 Å². The Morgan fingerprint density at radius 3 is 2.27 bits per heavy atom. The van der Waals surface area contributed by atoms with E-state index in [1.807, 2.05) is 30.5 Å². The maximum absolute atomic E-state index is 5.95. The number of nitrogens with two attached hydrogens (primary N) is 1. The van der Waals surface area contributed by atoms with Gasteiger partial charge in [-0.05, 0) is 29.5 Å². The number of nitrogen functional groups attached to an aromatic ring is 1. The maximum Gasteiger partial charge on any atom is 0.0458 e. The van der Waals surface area contributed by atoms with Crippen molar-refractivity contribution in [2.75, 3.05) is 12.0 Å². The standard InChI is InChI=1S/C13H13NS/c1-15-13-8-7-11(9-12(13)14)10-5-3-2-4-6-10/h2-9H,14H2,1H3. The molecular weight excluding hydrogens is 202 g/mol. The van der Waals surface area contributed by atoms with Gasteiger partial charge in [0, 0.05) is 10.6 Å². The van der Waals surface area contributed by atoms with Crippen molar-refractivity contribution in [2.45, 2.75) is 4.90 Å². The van der Waals surface area contributed by atoms with Crippen molar-refractivity contribution in [3.63, 3.8) is 0 Å². The lowest BCUT2D eigenvalue weighted by molar-refractivity contribution is 1.46. The van der Waals surface area contributed by atoms with E-state index in [0.29, 0.717) is 0 Å². The summed E-state index contributed by atoms with van der Waals surface area (Å²) in [6.07, 6.45) is 2.04. The molecular formula is C13H13NS. The summed E-state index contributed by atoms with van der Waals surface area (Å²) >= 11 is 1.67. The Bertz CT molecular complexity index is 451. The van der Waals surface area contributed by atoms with E-state index in [0.717, 1.165) is 10.6 Å². The van der Waals surface area contributed by atoms with Crippen LogP contribution in [-0.4, -0.2) is 6.26 Å². The monoisotopic (exact) mass is 215 g/mol. The van der Waals surface area contributed by atoms with Crippen molar-refractivity contribution in [2.24, 2.45) is 0 Å². The van der Waals surface area contributed by atoms with Crippen molar-refractivity contribution >= 4 is 17.4 Å². The molecule has 2 aromatic rings. The van der Waals surface area contributed by atoms with Crippen LogP contribution in [0.2, 0.25) is 0 Å². The van der Waals surface area contributed by atoms with Crippen molar-refractivity contribution < 1.29 is 0 Å². The molecule has 0 aliphatic heterocycles. The molecule has 0 heterocycles. The summed E-state index contributed by atoms with van der Waals surface area (Å²) in [4.78, 5) is 1.13. The zero-order valence-corrected chi connectivity index (χ0v) is 9.42. The minimum atomic E-state index is 0.851. The molecule has 0 fully saturated rings. The van der Waals surface area contributed by atoms with Gasteiger partial charge in [-0.15, -0.1) is 11.8 Å². The zero-order chi connectivity index (χ0) is 10.7. The van der Waals surface area contributed by atoms with E-state index >= 15 is 0 Å². The molecule has 0 radical (unpaired) electrons. The number of thioether (sulfide) groups is 1. The van der Waals surface area contributed by atoms with Gasteiger partial charge in [0.2, 0.25) is 0 Å². The predicted molar refractivity (Wildman–Crippen MR) is 68.1 cm³/mol. The Hall–Kier alpha value is -1.41. The normalized spacial score (nSPS) is 10.2. The van der Waals surface area contributed by atoms with Crippen LogP contribution >= 0.6 is 11.8 Å². The molecule has 0 spiro atoms. The molecule has 2 N–H and O–H groups in total. The molecule has 0 aliphatic rings. The molecule has 15 heavy (non-hydrogen) atoms. The van der Waals surface area contributed by atoms with Crippen LogP contribution in [0.3, 0.4) is 0 Å². The summed E-state index contributed by atoms with van der Waals surface area (Å²) in [5.74, 6) is 0. The van der Waals surface area contributed by atoms with Crippen molar-refractivity contribution in [1.82, 2.24) is 0 Å². The van der Waals surface area contributed by atoms with Crippen molar-refractivity contribution in [3.8, 4) is 11.1 Å². The number of hydrogen-bond acceptors (Lipinski definition) is 2. The van der Waals surface area contributed by atoms with Gasteiger partial charge in [0.1, 0.15) is 0 Å². The minimum absolute atomic E-state index is 0.851. The molecule has 0 amide bonds. The molecule has 0 saturated heterocycles. The van der Waals surface area contributed by atoms with Crippen LogP contribution in [0.5, 0.6) is 0 Å². The molecule has 2 heteroatoms. The summed E-state index contributed by atoms with van der Waals surface area (Å²) in [7, 11) is 0. The Kier molecular flexibility index (Phi) is 2.97. The molecule has 1 nitrogen and oxygen atoms in total. The second kappa shape index (κ2) is 4.41. The average molecular weight is 215 g/mol. The van der Waals surface area contributed by atoms with Gasteiger partial charge in [-0.2, -0.15) is 0 Å². The zero-order valence-electron chi connectivity index (χ0n) is 8.60. The van der Waals surface area contributed by atoms with E-state index in [4.69, 9.17) is 5.73 Å². The Morgan fingerprint density at radius 2 is 1.67 bits per heavy atom. The molecule has 0 saturated carbocycles. The smallest absolute Gasteiger partial charge is 0.0458 e. The van der Waals surface area contributed by atoms with Gasteiger partial charge in [0.15, 0.2) is 0 Å². The van der Waals surface area contributed by atoms with Crippen molar-refractivity contribution in [1.29, 1.82) is 0 Å². The molecule has 0 unspecified atom stereocenters. The van der Waals surface area contributed by atoms with Gasteiger partial charge < -0.3 is 5.73 Å². The fourth-order valence-electron chi connectivity index (χ4n) is 1.54. The van der Waals surface area contributed by atoms with Gasteiger partial charge in [-0.25, -0.2) is 0 Å². The lowest BCUT2D eigenvalue weighted by atomic mass is 10.1.